The topological polar surface area (TPSA) is 44.8 Å². The van der Waals surface area contributed by atoms with Crippen LogP contribution < -0.4 is 0 Å². The van der Waals surface area contributed by atoms with Crippen LogP contribution in [0.1, 0.15) is 92.9 Å². The summed E-state index contributed by atoms with van der Waals surface area (Å²) in [5.74, 6) is 0.944. The van der Waals surface area contributed by atoms with Crippen molar-refractivity contribution in [3.63, 3.8) is 0 Å². The van der Waals surface area contributed by atoms with Crippen LogP contribution in [0.15, 0.2) is 11.6 Å². The summed E-state index contributed by atoms with van der Waals surface area (Å²) in [7, 11) is 1.43. The van der Waals surface area contributed by atoms with Gasteiger partial charge in [-0.05, 0) is 94.8 Å². The quantitative estimate of drug-likeness (QED) is 0.308. The van der Waals surface area contributed by atoms with Crippen molar-refractivity contribution >= 4 is 5.97 Å². The summed E-state index contributed by atoms with van der Waals surface area (Å²) in [6.07, 6.45) is 11.3. The minimum absolute atomic E-state index is 0.214. The highest BCUT2D eigenvalue weighted by Crippen LogP contribution is 2.62. The van der Waals surface area contributed by atoms with Crippen molar-refractivity contribution in [2.45, 2.75) is 105 Å². The molecular weight excluding hydrogens is 364 g/mol. The summed E-state index contributed by atoms with van der Waals surface area (Å²) in [5, 5.41) is 0. The van der Waals surface area contributed by atoms with Gasteiger partial charge in [-0.3, -0.25) is 4.79 Å². The number of hydrogen-bond acceptors (Lipinski definition) is 4. The van der Waals surface area contributed by atoms with Crippen LogP contribution in [-0.4, -0.2) is 24.8 Å². The second-order valence-electron chi connectivity index (χ2n) is 10.9. The molecular formula is C25H42O4. The molecule has 4 nitrogen and oxygen atoms in total. The maximum absolute atomic E-state index is 11.8. The first-order valence-corrected chi connectivity index (χ1v) is 11.7. The fourth-order valence-corrected chi connectivity index (χ4v) is 6.42. The molecule has 0 aromatic carbocycles. The van der Waals surface area contributed by atoms with E-state index in [1.54, 1.807) is 5.57 Å². The first-order valence-electron chi connectivity index (χ1n) is 11.7. The molecule has 0 amide bonds. The van der Waals surface area contributed by atoms with Gasteiger partial charge in [0.05, 0.1) is 13.0 Å². The summed E-state index contributed by atoms with van der Waals surface area (Å²) >= 11 is 0. The summed E-state index contributed by atoms with van der Waals surface area (Å²) in [4.78, 5) is 23.5. The maximum Gasteiger partial charge on any atom is 0.311 e. The summed E-state index contributed by atoms with van der Waals surface area (Å²) in [6.45, 7) is 13.9. The molecule has 0 spiro atoms. The van der Waals surface area contributed by atoms with Crippen LogP contribution in [0.3, 0.4) is 0 Å². The number of hydrogen-bond donors (Lipinski definition) is 0. The molecule has 0 aromatic heterocycles. The molecule has 1 saturated carbocycles. The average Bonchev–Trinajstić information content (AvgIpc) is 2.71. The van der Waals surface area contributed by atoms with E-state index in [1.165, 1.54) is 39.2 Å². The van der Waals surface area contributed by atoms with Crippen molar-refractivity contribution in [3.8, 4) is 0 Å². The summed E-state index contributed by atoms with van der Waals surface area (Å²) < 4.78 is 4.86. The molecule has 7 atom stereocenters. The monoisotopic (exact) mass is 406 g/mol. The van der Waals surface area contributed by atoms with Crippen molar-refractivity contribution in [1.29, 1.82) is 0 Å². The standard InChI is InChI=1S/C25H42O4/c1-17-9-8-10-21-24(17,5)14-11-18(2)25(21,6)16-15-23(4)13-12-20(28-29-23)19(3)22(26)27-7/h9,18-21H,8,10-16H2,1-7H3/t18-,19+,20+,21+,23-,24+,25+/m1/s1. The van der Waals surface area contributed by atoms with E-state index in [9.17, 15) is 4.79 Å². The van der Waals surface area contributed by atoms with Gasteiger partial charge >= 0.3 is 5.97 Å². The molecule has 0 radical (unpaired) electrons. The third-order valence-corrected chi connectivity index (χ3v) is 9.25. The fraction of sp³-hybridized carbons (Fsp3) is 0.880. The number of methoxy groups -OCH3 is 1. The molecule has 29 heavy (non-hydrogen) atoms. The average molecular weight is 407 g/mol. The largest absolute Gasteiger partial charge is 0.469 e. The van der Waals surface area contributed by atoms with Gasteiger partial charge in [0, 0.05) is 0 Å². The third kappa shape index (κ3) is 4.17. The molecule has 0 unspecified atom stereocenters. The number of carbonyl (C=O) groups excluding carboxylic acids is 1. The number of esters is 1. The van der Waals surface area contributed by atoms with Crippen LogP contribution in [0.2, 0.25) is 0 Å². The lowest BCUT2D eigenvalue weighted by atomic mass is 9.47. The molecule has 1 saturated heterocycles. The van der Waals surface area contributed by atoms with Gasteiger partial charge in [0.1, 0.15) is 11.7 Å². The van der Waals surface area contributed by atoms with Crippen LogP contribution >= 0.6 is 0 Å². The van der Waals surface area contributed by atoms with Gasteiger partial charge in [0.25, 0.3) is 0 Å². The normalized spacial score (nSPS) is 43.8. The predicted molar refractivity (Wildman–Crippen MR) is 115 cm³/mol. The SMILES string of the molecule is COC(=O)[C@@H](C)[C@@H]1CC[C@](C)(CC[C@@]2(C)[C@H](C)CC[C@@]3(C)C(C)=CCC[C@H]23)OO1. The number of rotatable bonds is 5. The van der Waals surface area contributed by atoms with E-state index in [1.807, 2.05) is 6.92 Å². The molecule has 0 N–H and O–H groups in total. The molecule has 3 rings (SSSR count). The van der Waals surface area contributed by atoms with Crippen molar-refractivity contribution in [1.82, 2.24) is 0 Å². The zero-order chi connectivity index (χ0) is 21.4. The fourth-order valence-electron chi connectivity index (χ4n) is 6.42. The van der Waals surface area contributed by atoms with Crippen molar-refractivity contribution in [2.75, 3.05) is 7.11 Å². The van der Waals surface area contributed by atoms with Gasteiger partial charge in [-0.25, -0.2) is 9.78 Å². The Morgan fingerprint density at radius 3 is 2.55 bits per heavy atom. The molecule has 0 aromatic rings. The lowest BCUT2D eigenvalue weighted by Crippen LogP contribution is -2.50. The van der Waals surface area contributed by atoms with E-state index in [0.717, 1.165) is 31.1 Å². The minimum Gasteiger partial charge on any atom is -0.469 e. The molecule has 1 heterocycles. The van der Waals surface area contributed by atoms with Crippen molar-refractivity contribution in [3.05, 3.63) is 11.6 Å². The van der Waals surface area contributed by atoms with E-state index < -0.39 is 0 Å². The second-order valence-corrected chi connectivity index (χ2v) is 10.9. The zero-order valence-corrected chi connectivity index (χ0v) is 19.7. The Labute approximate surface area is 177 Å². The molecule has 2 fully saturated rings. The van der Waals surface area contributed by atoms with Gasteiger partial charge in [-0.1, -0.05) is 32.4 Å². The Balaban J connectivity index is 1.65. The minimum atomic E-state index is -0.293. The highest BCUT2D eigenvalue weighted by Gasteiger charge is 2.53. The smallest absolute Gasteiger partial charge is 0.311 e. The lowest BCUT2D eigenvalue weighted by Gasteiger charge is -2.58. The number of allylic oxidation sites excluding steroid dienone is 2. The van der Waals surface area contributed by atoms with Crippen molar-refractivity contribution < 1.29 is 19.3 Å². The van der Waals surface area contributed by atoms with E-state index in [2.05, 4.69) is 40.7 Å². The highest BCUT2D eigenvalue weighted by molar-refractivity contribution is 5.72. The van der Waals surface area contributed by atoms with E-state index >= 15 is 0 Å². The van der Waals surface area contributed by atoms with Gasteiger partial charge in [-0.15, -0.1) is 0 Å². The molecule has 2 aliphatic carbocycles. The van der Waals surface area contributed by atoms with Crippen LogP contribution in [0.5, 0.6) is 0 Å². The Morgan fingerprint density at radius 1 is 1.21 bits per heavy atom. The zero-order valence-electron chi connectivity index (χ0n) is 19.7. The Hall–Kier alpha value is -0.870. The molecule has 0 bridgehead atoms. The molecule has 1 aliphatic heterocycles. The van der Waals surface area contributed by atoms with E-state index in [4.69, 9.17) is 14.5 Å². The maximum atomic E-state index is 11.8. The number of ether oxygens (including phenoxy) is 1. The van der Waals surface area contributed by atoms with Crippen LogP contribution in [0, 0.1) is 28.6 Å². The molecule has 3 aliphatic rings. The number of fused-ring (bicyclic) bond motifs is 1. The van der Waals surface area contributed by atoms with E-state index in [-0.39, 0.29) is 23.6 Å². The van der Waals surface area contributed by atoms with E-state index in [0.29, 0.717) is 10.8 Å². The van der Waals surface area contributed by atoms with Gasteiger partial charge < -0.3 is 4.74 Å². The first kappa shape index (κ1) is 22.8. The highest BCUT2D eigenvalue weighted by atomic mass is 17.2. The lowest BCUT2D eigenvalue weighted by molar-refractivity contribution is -0.412. The third-order valence-electron chi connectivity index (χ3n) is 9.25. The van der Waals surface area contributed by atoms with Crippen LogP contribution in [-0.2, 0) is 19.3 Å². The molecule has 4 heteroatoms. The van der Waals surface area contributed by atoms with Crippen LogP contribution in [0.4, 0.5) is 0 Å². The summed E-state index contributed by atoms with van der Waals surface area (Å²) in [5.41, 5.74) is 2.01. The number of carbonyl (C=O) groups is 1. The first-order chi connectivity index (χ1) is 13.6. The molecule has 166 valence electrons. The van der Waals surface area contributed by atoms with Crippen molar-refractivity contribution in [2.24, 2.45) is 28.6 Å². The summed E-state index contributed by atoms with van der Waals surface area (Å²) in [6, 6.07) is 0. The Bertz CT molecular complexity index is 633. The van der Waals surface area contributed by atoms with Gasteiger partial charge in [0.15, 0.2) is 0 Å². The van der Waals surface area contributed by atoms with Crippen LogP contribution in [0.25, 0.3) is 0 Å². The predicted octanol–water partition coefficient (Wildman–Crippen LogP) is 6.24. The van der Waals surface area contributed by atoms with Gasteiger partial charge in [0.2, 0.25) is 0 Å². The Kier molecular flexibility index (Phi) is 6.56. The van der Waals surface area contributed by atoms with Gasteiger partial charge in [-0.2, -0.15) is 0 Å². The Morgan fingerprint density at radius 2 is 1.93 bits per heavy atom. The second kappa shape index (κ2) is 8.34.